The standard InChI is InChI=1S/C15H13N3O2/c16-11-5-14-12(17-15(19)20-14)6-13(11)18-7-9-3-1-2-4-10(9)8-18/h1-6H,7-8,16H2,(H,17,19). The van der Waals surface area contributed by atoms with Crippen LogP contribution in [-0.4, -0.2) is 4.98 Å². The van der Waals surface area contributed by atoms with Gasteiger partial charge in [0.15, 0.2) is 5.58 Å². The number of fused-ring (bicyclic) bond motifs is 2. The van der Waals surface area contributed by atoms with Crippen LogP contribution in [0.4, 0.5) is 11.4 Å². The number of nitrogen functional groups attached to an aromatic ring is 1. The average Bonchev–Trinajstić information content (AvgIpc) is 2.99. The number of oxazole rings is 1. The van der Waals surface area contributed by atoms with E-state index in [1.54, 1.807) is 6.07 Å². The molecule has 5 heteroatoms. The molecule has 3 aromatic rings. The van der Waals surface area contributed by atoms with Crippen molar-refractivity contribution in [3.05, 3.63) is 58.1 Å². The number of H-pyrrole nitrogens is 1. The predicted molar refractivity (Wildman–Crippen MR) is 77.6 cm³/mol. The molecule has 3 N–H and O–H groups in total. The quantitative estimate of drug-likeness (QED) is 0.663. The maximum atomic E-state index is 11.2. The molecule has 0 aliphatic carbocycles. The van der Waals surface area contributed by atoms with E-state index in [0.717, 1.165) is 18.8 Å². The van der Waals surface area contributed by atoms with Crippen LogP contribution in [0.25, 0.3) is 11.1 Å². The number of aromatic amines is 1. The first-order valence-electron chi connectivity index (χ1n) is 6.45. The summed E-state index contributed by atoms with van der Waals surface area (Å²) >= 11 is 0. The summed E-state index contributed by atoms with van der Waals surface area (Å²) in [6, 6.07) is 11.9. The van der Waals surface area contributed by atoms with E-state index in [2.05, 4.69) is 22.0 Å². The highest BCUT2D eigenvalue weighted by atomic mass is 16.4. The molecule has 0 bridgehead atoms. The first-order chi connectivity index (χ1) is 9.70. The van der Waals surface area contributed by atoms with E-state index in [4.69, 9.17) is 10.2 Å². The summed E-state index contributed by atoms with van der Waals surface area (Å²) in [4.78, 5) is 16.1. The summed E-state index contributed by atoms with van der Waals surface area (Å²) in [6.45, 7) is 1.65. The normalized spacial score (nSPS) is 13.9. The lowest BCUT2D eigenvalue weighted by atomic mass is 10.1. The second-order valence-electron chi connectivity index (χ2n) is 5.05. The number of hydrogen-bond acceptors (Lipinski definition) is 4. The van der Waals surface area contributed by atoms with E-state index in [1.807, 2.05) is 18.2 Å². The van der Waals surface area contributed by atoms with Crippen LogP contribution >= 0.6 is 0 Å². The van der Waals surface area contributed by atoms with Gasteiger partial charge in [-0.1, -0.05) is 24.3 Å². The third-order valence-corrected chi connectivity index (χ3v) is 3.75. The Kier molecular flexibility index (Phi) is 2.18. The van der Waals surface area contributed by atoms with Gasteiger partial charge in [0.05, 0.1) is 16.9 Å². The Morgan fingerprint density at radius 3 is 2.55 bits per heavy atom. The topological polar surface area (TPSA) is 75.3 Å². The first kappa shape index (κ1) is 11.2. The number of anilines is 2. The molecule has 1 aromatic heterocycles. The molecule has 0 amide bonds. The van der Waals surface area contributed by atoms with Crippen LogP contribution in [0.1, 0.15) is 11.1 Å². The lowest BCUT2D eigenvalue weighted by Gasteiger charge is -2.19. The average molecular weight is 267 g/mol. The lowest BCUT2D eigenvalue weighted by molar-refractivity contribution is 0.555. The van der Waals surface area contributed by atoms with E-state index in [-0.39, 0.29) is 0 Å². The molecule has 0 atom stereocenters. The van der Waals surface area contributed by atoms with Gasteiger partial charge in [-0.15, -0.1) is 0 Å². The van der Waals surface area contributed by atoms with E-state index in [1.165, 1.54) is 11.1 Å². The molecule has 0 saturated heterocycles. The minimum absolute atomic E-state index is 0.457. The van der Waals surface area contributed by atoms with Crippen LogP contribution in [0.3, 0.4) is 0 Å². The maximum absolute atomic E-state index is 11.2. The Balaban J connectivity index is 1.80. The molecule has 100 valence electrons. The van der Waals surface area contributed by atoms with Crippen molar-refractivity contribution in [3.63, 3.8) is 0 Å². The number of nitrogens with zero attached hydrogens (tertiary/aromatic N) is 1. The molecule has 0 spiro atoms. The van der Waals surface area contributed by atoms with Crippen molar-refractivity contribution in [2.75, 3.05) is 10.6 Å². The fraction of sp³-hybridized carbons (Fsp3) is 0.133. The van der Waals surface area contributed by atoms with Gasteiger partial charge in [-0.2, -0.15) is 0 Å². The first-order valence-corrected chi connectivity index (χ1v) is 6.45. The highest BCUT2D eigenvalue weighted by Crippen LogP contribution is 2.34. The zero-order valence-corrected chi connectivity index (χ0v) is 10.7. The highest BCUT2D eigenvalue weighted by Gasteiger charge is 2.21. The molecular formula is C15H13N3O2. The molecule has 1 aliphatic rings. The minimum Gasteiger partial charge on any atom is -0.408 e. The van der Waals surface area contributed by atoms with Gasteiger partial charge in [-0.25, -0.2) is 4.79 Å². The molecule has 2 heterocycles. The number of nitrogens with two attached hydrogens (primary N) is 1. The second-order valence-corrected chi connectivity index (χ2v) is 5.05. The van der Waals surface area contributed by atoms with Gasteiger partial charge in [0.25, 0.3) is 0 Å². The minimum atomic E-state index is -0.457. The molecule has 2 aromatic carbocycles. The molecule has 20 heavy (non-hydrogen) atoms. The lowest BCUT2D eigenvalue weighted by Crippen LogP contribution is -2.16. The van der Waals surface area contributed by atoms with Gasteiger partial charge in [-0.05, 0) is 17.2 Å². The zero-order chi connectivity index (χ0) is 13.7. The number of rotatable bonds is 1. The van der Waals surface area contributed by atoms with Crippen LogP contribution in [-0.2, 0) is 13.1 Å². The monoisotopic (exact) mass is 267 g/mol. The van der Waals surface area contributed by atoms with Crippen LogP contribution in [0.15, 0.2) is 45.6 Å². The van der Waals surface area contributed by atoms with Crippen LogP contribution in [0, 0.1) is 0 Å². The Morgan fingerprint density at radius 1 is 1.15 bits per heavy atom. The summed E-state index contributed by atoms with van der Waals surface area (Å²) in [7, 11) is 0. The van der Waals surface area contributed by atoms with Crippen LogP contribution < -0.4 is 16.4 Å². The number of nitrogens with one attached hydrogen (secondary N) is 1. The van der Waals surface area contributed by atoms with Crippen molar-refractivity contribution >= 4 is 22.5 Å². The molecular weight excluding hydrogens is 254 g/mol. The molecule has 1 aliphatic heterocycles. The van der Waals surface area contributed by atoms with Gasteiger partial charge >= 0.3 is 5.76 Å². The Hall–Kier alpha value is -2.69. The van der Waals surface area contributed by atoms with E-state index < -0.39 is 5.76 Å². The van der Waals surface area contributed by atoms with Gasteiger partial charge in [0.2, 0.25) is 0 Å². The zero-order valence-electron chi connectivity index (χ0n) is 10.7. The van der Waals surface area contributed by atoms with Crippen LogP contribution in [0.5, 0.6) is 0 Å². The fourth-order valence-corrected chi connectivity index (χ4v) is 2.78. The molecule has 5 nitrogen and oxygen atoms in total. The van der Waals surface area contributed by atoms with Crippen molar-refractivity contribution in [2.24, 2.45) is 0 Å². The molecule has 0 fully saturated rings. The van der Waals surface area contributed by atoms with E-state index >= 15 is 0 Å². The fourth-order valence-electron chi connectivity index (χ4n) is 2.78. The van der Waals surface area contributed by atoms with Crippen molar-refractivity contribution in [1.82, 2.24) is 4.98 Å². The summed E-state index contributed by atoms with van der Waals surface area (Å²) in [6.07, 6.45) is 0. The van der Waals surface area contributed by atoms with Gasteiger partial charge in [-0.3, -0.25) is 4.98 Å². The summed E-state index contributed by atoms with van der Waals surface area (Å²) in [5.41, 5.74) is 11.4. The Morgan fingerprint density at radius 2 is 1.85 bits per heavy atom. The number of benzene rings is 2. The summed E-state index contributed by atoms with van der Waals surface area (Å²) < 4.78 is 5.02. The Labute approximate surface area is 114 Å². The van der Waals surface area contributed by atoms with Crippen molar-refractivity contribution in [1.29, 1.82) is 0 Å². The predicted octanol–water partition coefficient (Wildman–Crippen LogP) is 2.22. The third kappa shape index (κ3) is 1.60. The molecule has 0 saturated carbocycles. The van der Waals surface area contributed by atoms with Crippen molar-refractivity contribution in [2.45, 2.75) is 13.1 Å². The Bertz CT molecular complexity index is 838. The summed E-state index contributed by atoms with van der Waals surface area (Å²) in [5, 5.41) is 0. The van der Waals surface area contributed by atoms with Crippen LogP contribution in [0.2, 0.25) is 0 Å². The maximum Gasteiger partial charge on any atom is 0.417 e. The van der Waals surface area contributed by atoms with E-state index in [9.17, 15) is 4.79 Å². The van der Waals surface area contributed by atoms with Gasteiger partial charge in [0, 0.05) is 19.2 Å². The largest absolute Gasteiger partial charge is 0.417 e. The van der Waals surface area contributed by atoms with Crippen molar-refractivity contribution < 1.29 is 4.42 Å². The molecule has 4 rings (SSSR count). The van der Waals surface area contributed by atoms with Crippen molar-refractivity contribution in [3.8, 4) is 0 Å². The van der Waals surface area contributed by atoms with Gasteiger partial charge < -0.3 is 15.1 Å². The third-order valence-electron chi connectivity index (χ3n) is 3.75. The SMILES string of the molecule is Nc1cc2oc(=O)[nH]c2cc1N1Cc2ccccc2C1. The number of aromatic nitrogens is 1. The molecule has 0 unspecified atom stereocenters. The number of hydrogen-bond donors (Lipinski definition) is 2. The summed E-state index contributed by atoms with van der Waals surface area (Å²) in [5.74, 6) is -0.457. The molecule has 0 radical (unpaired) electrons. The van der Waals surface area contributed by atoms with E-state index in [0.29, 0.717) is 16.8 Å². The highest BCUT2D eigenvalue weighted by molar-refractivity contribution is 5.85. The second kappa shape index (κ2) is 3.90. The van der Waals surface area contributed by atoms with Gasteiger partial charge in [0.1, 0.15) is 0 Å². The smallest absolute Gasteiger partial charge is 0.408 e.